The molecular weight excluding hydrogens is 338 g/mol. The second-order valence-corrected chi connectivity index (χ2v) is 6.24. The fourth-order valence-electron chi connectivity index (χ4n) is 2.75. The number of carbonyl (C=O) groups is 1. The Labute approximate surface area is 159 Å². The average molecular weight is 361 g/mol. The summed E-state index contributed by atoms with van der Waals surface area (Å²) in [6.07, 6.45) is 0.931. The zero-order valence-corrected chi connectivity index (χ0v) is 15.7. The van der Waals surface area contributed by atoms with Crippen LogP contribution in [0.5, 0.6) is 0 Å². The van der Waals surface area contributed by atoms with Gasteiger partial charge in [-0.3, -0.25) is 4.79 Å². The zero-order chi connectivity index (χ0) is 19.2. The van der Waals surface area contributed by atoms with Gasteiger partial charge in [-0.15, -0.1) is 0 Å². The predicted molar refractivity (Wildman–Crippen MR) is 110 cm³/mol. The largest absolute Gasteiger partial charge is 0.340 e. The molecule has 0 bridgehead atoms. The van der Waals surface area contributed by atoms with Gasteiger partial charge in [-0.2, -0.15) is 4.98 Å². The first-order valence-corrected chi connectivity index (χ1v) is 8.89. The highest BCUT2D eigenvalue weighted by molar-refractivity contribution is 5.88. The Morgan fingerprint density at radius 2 is 1.67 bits per heavy atom. The Hall–Kier alpha value is -3.41. The summed E-state index contributed by atoms with van der Waals surface area (Å²) < 4.78 is 0. The maximum absolute atomic E-state index is 11.1. The first-order valence-electron chi connectivity index (χ1n) is 8.89. The minimum absolute atomic E-state index is 0.0924. The fraction of sp³-hybridized carbons (Fsp3) is 0.190. The predicted octanol–water partition coefficient (Wildman–Crippen LogP) is 4.79. The van der Waals surface area contributed by atoms with Crippen molar-refractivity contribution in [1.82, 2.24) is 9.97 Å². The SMILES string of the molecule is CCc1ccccc1Nc1nc(C)cc(Nc2ccc(NC(C)=O)cc2)n1. The number of aryl methyl sites for hydroxylation is 2. The number of nitrogens with zero attached hydrogens (tertiary/aromatic N) is 2. The Morgan fingerprint density at radius 3 is 2.37 bits per heavy atom. The van der Waals surface area contributed by atoms with Crippen LogP contribution < -0.4 is 16.0 Å². The van der Waals surface area contributed by atoms with E-state index in [0.29, 0.717) is 11.8 Å². The smallest absolute Gasteiger partial charge is 0.229 e. The number of benzene rings is 2. The Bertz CT molecular complexity index is 938. The number of para-hydroxylation sites is 1. The minimum atomic E-state index is -0.0924. The molecule has 0 aliphatic rings. The van der Waals surface area contributed by atoms with Crippen LogP contribution >= 0.6 is 0 Å². The summed E-state index contributed by atoms with van der Waals surface area (Å²) in [5.41, 5.74) is 4.72. The molecule has 0 saturated carbocycles. The van der Waals surface area contributed by atoms with Gasteiger partial charge in [0.05, 0.1) is 0 Å². The second-order valence-electron chi connectivity index (χ2n) is 6.24. The van der Waals surface area contributed by atoms with Gasteiger partial charge in [0.2, 0.25) is 11.9 Å². The number of anilines is 5. The lowest BCUT2D eigenvalue weighted by atomic mass is 10.1. The van der Waals surface area contributed by atoms with Crippen molar-refractivity contribution in [2.24, 2.45) is 0 Å². The molecule has 0 aliphatic carbocycles. The van der Waals surface area contributed by atoms with E-state index in [4.69, 9.17) is 0 Å². The van der Waals surface area contributed by atoms with Crippen molar-refractivity contribution in [3.05, 3.63) is 65.9 Å². The van der Waals surface area contributed by atoms with Gasteiger partial charge in [-0.1, -0.05) is 25.1 Å². The molecule has 6 heteroatoms. The number of amides is 1. The van der Waals surface area contributed by atoms with Crippen molar-refractivity contribution in [3.8, 4) is 0 Å². The number of carbonyl (C=O) groups excluding carboxylic acids is 1. The summed E-state index contributed by atoms with van der Waals surface area (Å²) in [5.74, 6) is 1.16. The molecule has 1 aromatic heterocycles. The average Bonchev–Trinajstić information content (AvgIpc) is 2.63. The van der Waals surface area contributed by atoms with Crippen LogP contribution in [0.4, 0.5) is 28.8 Å². The van der Waals surface area contributed by atoms with Crippen LogP contribution in [0.2, 0.25) is 0 Å². The molecule has 3 rings (SSSR count). The number of aromatic nitrogens is 2. The molecule has 0 atom stereocenters. The van der Waals surface area contributed by atoms with Crippen LogP contribution in [0.25, 0.3) is 0 Å². The standard InChI is InChI=1S/C21H23N5O/c1-4-16-7-5-6-8-19(16)25-21-22-14(2)13-20(26-21)24-18-11-9-17(10-12-18)23-15(3)27/h5-13H,4H2,1-3H3,(H,23,27)(H2,22,24,25,26). The summed E-state index contributed by atoms with van der Waals surface area (Å²) in [4.78, 5) is 20.2. The van der Waals surface area contributed by atoms with Gasteiger partial charge in [0, 0.05) is 35.7 Å². The Balaban J connectivity index is 1.78. The summed E-state index contributed by atoms with van der Waals surface area (Å²) in [7, 11) is 0. The van der Waals surface area contributed by atoms with Crippen molar-refractivity contribution in [1.29, 1.82) is 0 Å². The number of hydrogen-bond donors (Lipinski definition) is 3. The van der Waals surface area contributed by atoms with E-state index < -0.39 is 0 Å². The maximum Gasteiger partial charge on any atom is 0.229 e. The molecule has 0 spiro atoms. The monoisotopic (exact) mass is 361 g/mol. The zero-order valence-electron chi connectivity index (χ0n) is 15.7. The summed E-state index contributed by atoms with van der Waals surface area (Å²) in [6.45, 7) is 5.54. The van der Waals surface area contributed by atoms with Crippen molar-refractivity contribution in [3.63, 3.8) is 0 Å². The van der Waals surface area contributed by atoms with E-state index in [1.54, 1.807) is 0 Å². The molecule has 27 heavy (non-hydrogen) atoms. The van der Waals surface area contributed by atoms with Crippen LogP contribution in [0.15, 0.2) is 54.6 Å². The molecule has 0 fully saturated rings. The third-order valence-electron chi connectivity index (χ3n) is 3.98. The highest BCUT2D eigenvalue weighted by Crippen LogP contribution is 2.22. The summed E-state index contributed by atoms with van der Waals surface area (Å²) >= 11 is 0. The van der Waals surface area contributed by atoms with Crippen molar-refractivity contribution < 1.29 is 4.79 Å². The van der Waals surface area contributed by atoms with E-state index in [0.717, 1.165) is 29.2 Å². The Kier molecular flexibility index (Phi) is 5.66. The first kappa shape index (κ1) is 18.4. The van der Waals surface area contributed by atoms with Gasteiger partial charge in [-0.25, -0.2) is 4.98 Å². The third kappa shape index (κ3) is 5.04. The van der Waals surface area contributed by atoms with Crippen molar-refractivity contribution in [2.75, 3.05) is 16.0 Å². The van der Waals surface area contributed by atoms with Crippen LogP contribution in [-0.4, -0.2) is 15.9 Å². The minimum Gasteiger partial charge on any atom is -0.340 e. The molecule has 1 amide bonds. The molecule has 6 nitrogen and oxygen atoms in total. The first-order chi connectivity index (χ1) is 13.0. The molecule has 1 heterocycles. The lowest BCUT2D eigenvalue weighted by Gasteiger charge is -2.12. The molecule has 138 valence electrons. The van der Waals surface area contributed by atoms with Crippen molar-refractivity contribution in [2.45, 2.75) is 27.2 Å². The third-order valence-corrected chi connectivity index (χ3v) is 3.98. The molecule has 2 aromatic carbocycles. The van der Waals surface area contributed by atoms with Crippen LogP contribution in [0, 0.1) is 6.92 Å². The molecule has 3 N–H and O–H groups in total. The topological polar surface area (TPSA) is 78.9 Å². The number of hydrogen-bond acceptors (Lipinski definition) is 5. The van der Waals surface area contributed by atoms with E-state index in [-0.39, 0.29) is 5.91 Å². The number of nitrogens with one attached hydrogen (secondary N) is 3. The fourth-order valence-corrected chi connectivity index (χ4v) is 2.75. The van der Waals surface area contributed by atoms with Crippen LogP contribution in [-0.2, 0) is 11.2 Å². The van der Waals surface area contributed by atoms with E-state index in [9.17, 15) is 4.79 Å². The van der Waals surface area contributed by atoms with Crippen LogP contribution in [0.1, 0.15) is 25.1 Å². The van der Waals surface area contributed by atoms with Crippen LogP contribution in [0.3, 0.4) is 0 Å². The van der Waals surface area contributed by atoms with E-state index in [1.165, 1.54) is 12.5 Å². The summed E-state index contributed by atoms with van der Waals surface area (Å²) in [5, 5.41) is 9.34. The molecule has 0 unspecified atom stereocenters. The molecule has 0 aliphatic heterocycles. The van der Waals surface area contributed by atoms with E-state index in [2.05, 4.69) is 38.9 Å². The van der Waals surface area contributed by atoms with E-state index in [1.807, 2.05) is 55.5 Å². The highest BCUT2D eigenvalue weighted by atomic mass is 16.1. The van der Waals surface area contributed by atoms with Gasteiger partial charge in [-0.05, 0) is 49.2 Å². The second kappa shape index (κ2) is 8.31. The summed E-state index contributed by atoms with van der Waals surface area (Å²) in [6, 6.07) is 17.5. The lowest BCUT2D eigenvalue weighted by Crippen LogP contribution is -2.06. The normalized spacial score (nSPS) is 10.3. The molecule has 0 radical (unpaired) electrons. The highest BCUT2D eigenvalue weighted by Gasteiger charge is 2.06. The van der Waals surface area contributed by atoms with Gasteiger partial charge in [0.1, 0.15) is 5.82 Å². The molecule has 0 saturated heterocycles. The van der Waals surface area contributed by atoms with Gasteiger partial charge >= 0.3 is 0 Å². The van der Waals surface area contributed by atoms with E-state index >= 15 is 0 Å². The number of rotatable bonds is 6. The maximum atomic E-state index is 11.1. The van der Waals surface area contributed by atoms with Crippen molar-refractivity contribution >= 4 is 34.7 Å². The van der Waals surface area contributed by atoms with Gasteiger partial charge < -0.3 is 16.0 Å². The quantitative estimate of drug-likeness (QED) is 0.588. The van der Waals surface area contributed by atoms with Gasteiger partial charge in [0.15, 0.2) is 0 Å². The lowest BCUT2D eigenvalue weighted by molar-refractivity contribution is -0.114. The molecular formula is C21H23N5O. The Morgan fingerprint density at radius 1 is 0.963 bits per heavy atom. The molecule has 3 aromatic rings. The van der Waals surface area contributed by atoms with Gasteiger partial charge in [0.25, 0.3) is 0 Å².